The standard InChI is InChI=1S/C20H20F2N4O2S/c1-13(18(27)24-19-23-16-4-2-3-5-17(16)29-19)25-11-8-20(21,22)15(12-25)14-6-9-26(28)10-7-14/h2-7,9-10,13,15H,8,11-12H2,1H3,(H,23,24,27)/t13-,15+/m0/s1. The Morgan fingerprint density at radius 1 is 1.34 bits per heavy atom. The van der Waals surface area contributed by atoms with Gasteiger partial charge in [0.2, 0.25) is 5.91 Å². The Labute approximate surface area is 170 Å². The lowest BCUT2D eigenvalue weighted by Gasteiger charge is -2.40. The summed E-state index contributed by atoms with van der Waals surface area (Å²) in [5.74, 6) is -4.25. The van der Waals surface area contributed by atoms with Crippen molar-refractivity contribution in [3.05, 3.63) is 59.6 Å². The Bertz CT molecular complexity index is 992. The summed E-state index contributed by atoms with van der Waals surface area (Å²) in [7, 11) is 0. The van der Waals surface area contributed by atoms with Gasteiger partial charge in [-0.05, 0) is 24.6 Å². The summed E-state index contributed by atoms with van der Waals surface area (Å²) in [5, 5.41) is 14.5. The van der Waals surface area contributed by atoms with E-state index in [9.17, 15) is 18.8 Å². The van der Waals surface area contributed by atoms with Crippen molar-refractivity contribution < 1.29 is 18.3 Å². The van der Waals surface area contributed by atoms with Crippen molar-refractivity contribution in [2.75, 3.05) is 18.4 Å². The smallest absolute Gasteiger partial charge is 0.257 e. The average molecular weight is 418 g/mol. The van der Waals surface area contributed by atoms with Gasteiger partial charge in [-0.15, -0.1) is 0 Å². The third-order valence-electron chi connectivity index (χ3n) is 5.34. The molecule has 2 aromatic heterocycles. The third-order valence-corrected chi connectivity index (χ3v) is 6.29. The first-order valence-electron chi connectivity index (χ1n) is 9.30. The summed E-state index contributed by atoms with van der Waals surface area (Å²) in [6, 6.07) is 9.82. The Kier molecular flexibility index (Phi) is 5.18. The number of amides is 1. The van der Waals surface area contributed by atoms with Crippen LogP contribution in [0.3, 0.4) is 0 Å². The number of rotatable bonds is 4. The number of fused-ring (bicyclic) bond motifs is 1. The van der Waals surface area contributed by atoms with Crippen molar-refractivity contribution in [3.63, 3.8) is 0 Å². The molecule has 0 aliphatic carbocycles. The van der Waals surface area contributed by atoms with Crippen LogP contribution in [0.5, 0.6) is 0 Å². The van der Waals surface area contributed by atoms with Crippen LogP contribution in [-0.2, 0) is 4.79 Å². The molecule has 0 bridgehead atoms. The summed E-state index contributed by atoms with van der Waals surface area (Å²) >= 11 is 1.37. The number of piperidine rings is 1. The number of pyridine rings is 1. The van der Waals surface area contributed by atoms with E-state index in [2.05, 4.69) is 10.3 Å². The zero-order chi connectivity index (χ0) is 20.6. The van der Waals surface area contributed by atoms with Crippen LogP contribution in [0.15, 0.2) is 48.8 Å². The minimum absolute atomic E-state index is 0.0320. The number of benzene rings is 1. The lowest BCUT2D eigenvalue weighted by molar-refractivity contribution is -0.605. The summed E-state index contributed by atoms with van der Waals surface area (Å²) in [5.41, 5.74) is 1.20. The highest BCUT2D eigenvalue weighted by Gasteiger charge is 2.46. The van der Waals surface area contributed by atoms with Gasteiger partial charge in [-0.25, -0.2) is 13.8 Å². The second kappa shape index (κ2) is 7.64. The molecule has 1 fully saturated rings. The van der Waals surface area contributed by atoms with Gasteiger partial charge in [-0.2, -0.15) is 4.73 Å². The van der Waals surface area contributed by atoms with Crippen LogP contribution in [0.25, 0.3) is 10.2 Å². The van der Waals surface area contributed by atoms with Crippen LogP contribution in [0.1, 0.15) is 24.8 Å². The monoisotopic (exact) mass is 418 g/mol. The molecular weight excluding hydrogens is 398 g/mol. The molecule has 0 radical (unpaired) electrons. The zero-order valence-corrected chi connectivity index (χ0v) is 16.5. The largest absolute Gasteiger partial charge is 0.619 e. The lowest BCUT2D eigenvalue weighted by atomic mass is 9.87. The molecular formula is C20H20F2N4O2S. The molecule has 0 saturated carbocycles. The van der Waals surface area contributed by atoms with E-state index in [1.807, 2.05) is 24.3 Å². The van der Waals surface area contributed by atoms with Gasteiger partial charge in [0.05, 0.1) is 22.2 Å². The number of carbonyl (C=O) groups excluding carboxylic acids is 1. The third kappa shape index (κ3) is 4.06. The predicted octanol–water partition coefficient (Wildman–Crippen LogP) is 3.38. The van der Waals surface area contributed by atoms with E-state index in [1.54, 1.807) is 11.8 Å². The maximum Gasteiger partial charge on any atom is 0.257 e. The molecule has 1 saturated heterocycles. The first-order valence-corrected chi connectivity index (χ1v) is 10.1. The van der Waals surface area contributed by atoms with Crippen molar-refractivity contribution in [1.82, 2.24) is 9.88 Å². The zero-order valence-electron chi connectivity index (χ0n) is 15.7. The van der Waals surface area contributed by atoms with Gasteiger partial charge in [0.15, 0.2) is 17.5 Å². The number of alkyl halides is 2. The van der Waals surface area contributed by atoms with E-state index in [0.29, 0.717) is 15.4 Å². The number of para-hydroxylation sites is 1. The summed E-state index contributed by atoms with van der Waals surface area (Å²) in [4.78, 5) is 18.9. The van der Waals surface area contributed by atoms with Crippen molar-refractivity contribution in [2.24, 2.45) is 0 Å². The van der Waals surface area contributed by atoms with E-state index >= 15 is 0 Å². The van der Waals surface area contributed by atoms with E-state index in [0.717, 1.165) is 10.2 Å². The highest BCUT2D eigenvalue weighted by atomic mass is 32.1. The number of hydrogen-bond donors (Lipinski definition) is 1. The number of halogens is 2. The van der Waals surface area contributed by atoms with E-state index < -0.39 is 17.9 Å². The van der Waals surface area contributed by atoms with Gasteiger partial charge in [0.1, 0.15) is 0 Å². The van der Waals surface area contributed by atoms with Gasteiger partial charge in [-0.3, -0.25) is 9.69 Å². The molecule has 9 heteroatoms. The van der Waals surface area contributed by atoms with Gasteiger partial charge < -0.3 is 10.5 Å². The number of nitrogens with zero attached hydrogens (tertiary/aromatic N) is 3. The van der Waals surface area contributed by atoms with Gasteiger partial charge in [0, 0.05) is 31.6 Å². The molecule has 3 heterocycles. The van der Waals surface area contributed by atoms with Crippen molar-refractivity contribution in [3.8, 4) is 0 Å². The molecule has 0 unspecified atom stereocenters. The topological polar surface area (TPSA) is 72.2 Å². The van der Waals surface area contributed by atoms with Crippen LogP contribution < -0.4 is 10.0 Å². The van der Waals surface area contributed by atoms with Crippen molar-refractivity contribution >= 4 is 32.6 Å². The van der Waals surface area contributed by atoms with Gasteiger partial charge in [0.25, 0.3) is 5.92 Å². The first-order chi connectivity index (χ1) is 13.8. The number of anilines is 1. The Hall–Kier alpha value is -2.65. The van der Waals surface area contributed by atoms with Gasteiger partial charge in [-0.1, -0.05) is 23.5 Å². The quantitative estimate of drug-likeness (QED) is 0.521. The number of nitrogens with one attached hydrogen (secondary N) is 1. The summed E-state index contributed by atoms with van der Waals surface area (Å²) < 4.78 is 30.6. The Balaban J connectivity index is 1.48. The maximum atomic E-state index is 14.5. The van der Waals surface area contributed by atoms with Gasteiger partial charge >= 0.3 is 0 Å². The molecule has 1 aliphatic rings. The fraction of sp³-hybridized carbons (Fsp3) is 0.350. The predicted molar refractivity (Wildman–Crippen MR) is 107 cm³/mol. The number of aromatic nitrogens is 2. The second-order valence-corrected chi connectivity index (χ2v) is 8.23. The van der Waals surface area contributed by atoms with Crippen LogP contribution in [0, 0.1) is 5.21 Å². The highest BCUT2D eigenvalue weighted by molar-refractivity contribution is 7.22. The first kappa shape index (κ1) is 19.7. The molecule has 152 valence electrons. The molecule has 1 amide bonds. The van der Waals surface area contributed by atoms with E-state index in [-0.39, 0.29) is 25.4 Å². The maximum absolute atomic E-state index is 14.5. The summed E-state index contributed by atoms with van der Waals surface area (Å²) in [6.45, 7) is 1.86. The van der Waals surface area contributed by atoms with Crippen LogP contribution >= 0.6 is 11.3 Å². The minimum atomic E-state index is -2.89. The minimum Gasteiger partial charge on any atom is -0.619 e. The van der Waals surface area contributed by atoms with Crippen LogP contribution in [-0.4, -0.2) is 40.8 Å². The number of hydrogen-bond acceptors (Lipinski definition) is 5. The van der Waals surface area contributed by atoms with E-state index in [4.69, 9.17) is 0 Å². The normalized spacial score (nSPS) is 20.4. The lowest BCUT2D eigenvalue weighted by Crippen LogP contribution is -2.52. The molecule has 1 aromatic carbocycles. The average Bonchev–Trinajstić information content (AvgIpc) is 3.10. The van der Waals surface area contributed by atoms with Crippen molar-refractivity contribution in [1.29, 1.82) is 0 Å². The SMILES string of the molecule is C[C@@H](C(=O)Nc1nc2ccccc2s1)N1CCC(F)(F)[C@@H](c2cc[n+]([O-])cc2)C1. The Morgan fingerprint density at radius 2 is 2.07 bits per heavy atom. The number of likely N-dealkylation sites (tertiary alicyclic amines) is 1. The van der Waals surface area contributed by atoms with Crippen LogP contribution in [0.4, 0.5) is 13.9 Å². The number of carbonyl (C=O) groups is 1. The molecule has 4 rings (SSSR count). The molecule has 2 atom stereocenters. The molecule has 0 spiro atoms. The highest BCUT2D eigenvalue weighted by Crippen LogP contribution is 2.40. The summed E-state index contributed by atoms with van der Waals surface area (Å²) in [6.07, 6.45) is 2.09. The molecule has 3 aromatic rings. The number of thiazole rings is 1. The second-order valence-electron chi connectivity index (χ2n) is 7.20. The molecule has 1 aliphatic heterocycles. The molecule has 6 nitrogen and oxygen atoms in total. The van der Waals surface area contributed by atoms with E-state index in [1.165, 1.54) is 35.9 Å². The fourth-order valence-electron chi connectivity index (χ4n) is 3.59. The fourth-order valence-corrected chi connectivity index (χ4v) is 4.45. The molecule has 1 N–H and O–H groups in total. The molecule has 29 heavy (non-hydrogen) atoms. The van der Waals surface area contributed by atoms with Crippen LogP contribution in [0.2, 0.25) is 0 Å². The Morgan fingerprint density at radius 3 is 2.79 bits per heavy atom. The van der Waals surface area contributed by atoms with Crippen molar-refractivity contribution in [2.45, 2.75) is 31.2 Å².